The molecule has 0 radical (unpaired) electrons. The van der Waals surface area contributed by atoms with E-state index in [0.717, 1.165) is 16.3 Å². The summed E-state index contributed by atoms with van der Waals surface area (Å²) in [6.45, 7) is 1.83. The summed E-state index contributed by atoms with van der Waals surface area (Å²) in [4.78, 5) is 11.8. The number of carbonyl (C=O) groups is 1. The highest BCUT2D eigenvalue weighted by Gasteiger charge is 2.34. The van der Waals surface area contributed by atoms with Crippen LogP contribution in [-0.4, -0.2) is 20.9 Å². The van der Waals surface area contributed by atoms with E-state index < -0.39 is 0 Å². The van der Waals surface area contributed by atoms with Gasteiger partial charge in [-0.05, 0) is 12.0 Å². The lowest BCUT2D eigenvalue weighted by atomic mass is 9.94. The molecule has 1 atom stereocenters. The van der Waals surface area contributed by atoms with Crippen LogP contribution in [0.4, 0.5) is 5.82 Å². The fourth-order valence-electron chi connectivity index (χ4n) is 2.73. The summed E-state index contributed by atoms with van der Waals surface area (Å²) in [5, 5.41) is 15.2. The Morgan fingerprint density at radius 2 is 2.05 bits per heavy atom. The lowest BCUT2D eigenvalue weighted by Gasteiger charge is -2.25. The van der Waals surface area contributed by atoms with Gasteiger partial charge in [0.25, 0.3) is 5.91 Å². The molecular weight excluding hydrogens is 254 g/mol. The van der Waals surface area contributed by atoms with Crippen molar-refractivity contribution in [2.24, 2.45) is 13.0 Å². The summed E-state index contributed by atoms with van der Waals surface area (Å²) in [6.07, 6.45) is 1.33. The number of aryl methyl sites for hydroxylation is 1. The average Bonchev–Trinajstić information content (AvgIpc) is 2.73. The first-order valence-electron chi connectivity index (χ1n) is 6.69. The van der Waals surface area contributed by atoms with Gasteiger partial charge >= 0.3 is 0 Å². The second kappa shape index (κ2) is 4.76. The number of fused-ring (bicyclic) bond motifs is 1. The van der Waals surface area contributed by atoms with Crippen LogP contribution in [0, 0.1) is 5.92 Å². The highest BCUT2D eigenvalue weighted by molar-refractivity contribution is 5.95. The Hall–Kier alpha value is -2.14. The van der Waals surface area contributed by atoms with E-state index in [1.807, 2.05) is 25.1 Å². The fourth-order valence-corrected chi connectivity index (χ4v) is 2.73. The summed E-state index contributed by atoms with van der Waals surface area (Å²) in [6, 6.07) is 10.1. The molecule has 1 N–H and O–H groups in total. The summed E-state index contributed by atoms with van der Waals surface area (Å²) in [5.41, 5.74) is 3.06. The molecule has 3 rings (SSSR count). The molecule has 5 nitrogen and oxygen atoms in total. The van der Waals surface area contributed by atoms with Gasteiger partial charge in [0, 0.05) is 24.9 Å². The van der Waals surface area contributed by atoms with Crippen molar-refractivity contribution in [2.45, 2.75) is 19.8 Å². The molecule has 1 aromatic carbocycles. The van der Waals surface area contributed by atoms with Crippen molar-refractivity contribution in [3.8, 4) is 0 Å². The van der Waals surface area contributed by atoms with E-state index in [1.165, 1.54) is 5.56 Å². The number of aromatic nitrogens is 2. The van der Waals surface area contributed by atoms with Gasteiger partial charge in [-0.3, -0.25) is 10.0 Å². The summed E-state index contributed by atoms with van der Waals surface area (Å²) < 4.78 is 1.58. The van der Waals surface area contributed by atoms with Crippen molar-refractivity contribution in [1.29, 1.82) is 0 Å². The van der Waals surface area contributed by atoms with Gasteiger partial charge in [-0.15, -0.1) is 0 Å². The lowest BCUT2D eigenvalue weighted by Crippen LogP contribution is -2.38. The van der Waals surface area contributed by atoms with Crippen LogP contribution in [0.1, 0.15) is 23.7 Å². The molecule has 1 aliphatic rings. The number of amides is 1. The third kappa shape index (κ3) is 2.00. The molecular formula is C15H17N3O2. The van der Waals surface area contributed by atoms with Gasteiger partial charge in [0.2, 0.25) is 0 Å². The standard InChI is InChI=1S/C15H17N3O2/c1-10-8-12-13(9-11-6-4-3-5-7-11)16-17(2)14(12)18(20)15(10)19/h3-7,10,20H,8-9H2,1-2H3/t10-/m0/s1. The Labute approximate surface area is 117 Å². The van der Waals surface area contributed by atoms with Gasteiger partial charge in [0.15, 0.2) is 5.82 Å². The molecule has 0 bridgehead atoms. The number of benzene rings is 1. The molecule has 1 amide bonds. The molecule has 0 unspecified atom stereocenters. The fraction of sp³-hybridized carbons (Fsp3) is 0.333. The Balaban J connectivity index is 2.01. The van der Waals surface area contributed by atoms with Gasteiger partial charge in [-0.1, -0.05) is 37.3 Å². The first-order chi connectivity index (χ1) is 9.58. The quantitative estimate of drug-likeness (QED) is 0.849. The zero-order chi connectivity index (χ0) is 14.3. The van der Waals surface area contributed by atoms with Crippen LogP contribution in [-0.2, 0) is 24.7 Å². The molecule has 104 valence electrons. The number of hydrogen-bond acceptors (Lipinski definition) is 3. The molecule has 2 heterocycles. The van der Waals surface area contributed by atoms with Gasteiger partial charge in [-0.2, -0.15) is 10.2 Å². The smallest absolute Gasteiger partial charge is 0.255 e. The van der Waals surface area contributed by atoms with Crippen molar-refractivity contribution in [1.82, 2.24) is 9.78 Å². The van der Waals surface area contributed by atoms with Crippen LogP contribution in [0.25, 0.3) is 0 Å². The van der Waals surface area contributed by atoms with E-state index in [0.29, 0.717) is 18.7 Å². The minimum Gasteiger partial charge on any atom is -0.280 e. The maximum absolute atomic E-state index is 11.8. The van der Waals surface area contributed by atoms with Crippen molar-refractivity contribution in [2.75, 3.05) is 5.06 Å². The highest BCUT2D eigenvalue weighted by atomic mass is 16.5. The van der Waals surface area contributed by atoms with Crippen LogP contribution in [0.2, 0.25) is 0 Å². The molecule has 0 aliphatic carbocycles. The average molecular weight is 271 g/mol. The van der Waals surface area contributed by atoms with Gasteiger partial charge < -0.3 is 0 Å². The number of carbonyl (C=O) groups excluding carboxylic acids is 1. The zero-order valence-corrected chi connectivity index (χ0v) is 11.6. The molecule has 20 heavy (non-hydrogen) atoms. The highest BCUT2D eigenvalue weighted by Crippen LogP contribution is 2.32. The van der Waals surface area contributed by atoms with Crippen molar-refractivity contribution in [3.05, 3.63) is 47.2 Å². The monoisotopic (exact) mass is 271 g/mol. The first-order valence-corrected chi connectivity index (χ1v) is 6.69. The maximum atomic E-state index is 11.8. The van der Waals surface area contributed by atoms with Gasteiger partial charge in [0.05, 0.1) is 5.69 Å². The molecule has 0 fully saturated rings. The molecule has 0 saturated heterocycles. The molecule has 1 aliphatic heterocycles. The van der Waals surface area contributed by atoms with Gasteiger partial charge in [0.1, 0.15) is 0 Å². The van der Waals surface area contributed by atoms with E-state index >= 15 is 0 Å². The van der Waals surface area contributed by atoms with Crippen LogP contribution < -0.4 is 5.06 Å². The van der Waals surface area contributed by atoms with Crippen LogP contribution in [0.15, 0.2) is 30.3 Å². The van der Waals surface area contributed by atoms with E-state index in [2.05, 4.69) is 17.2 Å². The Morgan fingerprint density at radius 3 is 2.75 bits per heavy atom. The maximum Gasteiger partial charge on any atom is 0.255 e. The molecule has 5 heteroatoms. The van der Waals surface area contributed by atoms with Crippen LogP contribution in [0.5, 0.6) is 0 Å². The van der Waals surface area contributed by atoms with Crippen molar-refractivity contribution >= 4 is 11.7 Å². The van der Waals surface area contributed by atoms with E-state index in [1.54, 1.807) is 11.7 Å². The third-order valence-corrected chi connectivity index (χ3v) is 3.75. The summed E-state index contributed by atoms with van der Waals surface area (Å²) in [7, 11) is 1.75. The van der Waals surface area contributed by atoms with Crippen LogP contribution >= 0.6 is 0 Å². The van der Waals surface area contributed by atoms with E-state index in [4.69, 9.17) is 0 Å². The third-order valence-electron chi connectivity index (χ3n) is 3.75. The minimum absolute atomic E-state index is 0.216. The number of nitrogens with zero attached hydrogens (tertiary/aromatic N) is 3. The molecule has 2 aromatic rings. The van der Waals surface area contributed by atoms with E-state index in [9.17, 15) is 10.0 Å². The molecule has 1 aromatic heterocycles. The minimum atomic E-state index is -0.272. The Bertz CT molecular complexity index is 649. The number of hydrogen-bond donors (Lipinski definition) is 1. The van der Waals surface area contributed by atoms with E-state index in [-0.39, 0.29) is 11.8 Å². The summed E-state index contributed by atoms with van der Waals surface area (Å²) in [5.74, 6) is 0.0111. The first kappa shape index (κ1) is 12.9. The second-order valence-corrected chi connectivity index (χ2v) is 5.29. The molecule has 0 saturated carbocycles. The van der Waals surface area contributed by atoms with Crippen LogP contribution in [0.3, 0.4) is 0 Å². The molecule has 0 spiro atoms. The van der Waals surface area contributed by atoms with Gasteiger partial charge in [-0.25, -0.2) is 4.68 Å². The zero-order valence-electron chi connectivity index (χ0n) is 11.6. The summed E-state index contributed by atoms with van der Waals surface area (Å²) >= 11 is 0. The van der Waals surface area contributed by atoms with Crippen molar-refractivity contribution < 1.29 is 10.0 Å². The normalized spacial score (nSPS) is 18.2. The predicted octanol–water partition coefficient (Wildman–Crippen LogP) is 1.93. The lowest BCUT2D eigenvalue weighted by molar-refractivity contribution is -0.127. The Morgan fingerprint density at radius 1 is 1.35 bits per heavy atom. The second-order valence-electron chi connectivity index (χ2n) is 5.29. The topological polar surface area (TPSA) is 58.4 Å². The predicted molar refractivity (Wildman–Crippen MR) is 74.6 cm³/mol. The number of rotatable bonds is 2. The SMILES string of the molecule is C[C@H]1Cc2c(Cc3ccccc3)nn(C)c2N(O)C1=O. The Kier molecular flexibility index (Phi) is 3.06. The number of hydroxylamine groups is 1. The largest absolute Gasteiger partial charge is 0.280 e. The van der Waals surface area contributed by atoms with Crippen molar-refractivity contribution in [3.63, 3.8) is 0 Å². The number of anilines is 1.